The number of quaternary nitrogens is 1. The fourth-order valence-corrected chi connectivity index (χ4v) is 11.5. The number of hydrogen-bond donors (Lipinski definition) is 2. The van der Waals surface area contributed by atoms with Crippen LogP contribution in [0.1, 0.15) is 355 Å². The van der Waals surface area contributed by atoms with Crippen molar-refractivity contribution in [2.45, 2.75) is 367 Å². The molecule has 0 bridgehead atoms. The van der Waals surface area contributed by atoms with Gasteiger partial charge in [-0.3, -0.25) is 18.6 Å². The van der Waals surface area contributed by atoms with Crippen LogP contribution in [-0.2, 0) is 27.9 Å². The number of nitrogens with zero attached hydrogens (tertiary/aromatic N) is 1. The van der Waals surface area contributed by atoms with Gasteiger partial charge >= 0.3 is 13.8 Å². The molecule has 0 radical (unpaired) electrons. The standard InChI is InChI=1S/C75H141N2O7P/c1-7-10-13-16-19-22-25-28-30-32-34-36-37-38-39-41-43-45-47-50-53-56-59-62-65-68-75(79)84-73(66-63-60-57-54-51-48-27-24-21-18-15-12-9-3)72(71-83-85(80,81)82-70-69-77(4,5)6)76-74(78)67-64-61-58-55-52-49-46-44-42-40-35-33-31-29-26-23-20-17-14-11-8-2/h19-20,22-23,28-31,63,66,72-73H,7-18,21,24-27,32-62,64-65,67-71H2,1-6H3,(H-,76,78,80,81)/p+1/b22-19-,23-20-,30-28-,31-29-,66-63+. The van der Waals surface area contributed by atoms with E-state index >= 15 is 0 Å². The number of rotatable bonds is 67. The predicted molar refractivity (Wildman–Crippen MR) is 369 cm³/mol. The van der Waals surface area contributed by atoms with E-state index in [0.717, 1.165) is 70.6 Å². The van der Waals surface area contributed by atoms with E-state index in [2.05, 4.69) is 74.7 Å². The highest BCUT2D eigenvalue weighted by Gasteiger charge is 2.30. The molecule has 2 N–H and O–H groups in total. The van der Waals surface area contributed by atoms with Gasteiger partial charge in [-0.25, -0.2) is 4.57 Å². The molecule has 0 aromatic rings. The van der Waals surface area contributed by atoms with Crippen molar-refractivity contribution in [1.29, 1.82) is 0 Å². The molecule has 0 aromatic heterocycles. The van der Waals surface area contributed by atoms with Crippen LogP contribution in [0.5, 0.6) is 0 Å². The van der Waals surface area contributed by atoms with Crippen molar-refractivity contribution in [2.24, 2.45) is 0 Å². The molecule has 0 aliphatic carbocycles. The molecule has 3 unspecified atom stereocenters. The summed E-state index contributed by atoms with van der Waals surface area (Å²) in [6.07, 6.45) is 83.7. The maximum atomic E-state index is 13.6. The van der Waals surface area contributed by atoms with Crippen molar-refractivity contribution < 1.29 is 37.3 Å². The van der Waals surface area contributed by atoms with E-state index in [1.165, 1.54) is 250 Å². The van der Waals surface area contributed by atoms with Gasteiger partial charge < -0.3 is 19.4 Å². The van der Waals surface area contributed by atoms with Crippen molar-refractivity contribution in [2.75, 3.05) is 40.9 Å². The first-order valence-electron chi connectivity index (χ1n) is 36.6. The summed E-state index contributed by atoms with van der Waals surface area (Å²) in [7, 11) is 1.51. The highest BCUT2D eigenvalue weighted by atomic mass is 31.2. The minimum atomic E-state index is -4.46. The zero-order valence-corrected chi connectivity index (χ0v) is 58.0. The van der Waals surface area contributed by atoms with Gasteiger partial charge in [0, 0.05) is 12.8 Å². The molecular formula is C75H142N2O7P+. The number of ether oxygens (including phenoxy) is 1. The van der Waals surface area contributed by atoms with Crippen LogP contribution >= 0.6 is 7.82 Å². The van der Waals surface area contributed by atoms with Crippen LogP contribution in [0.2, 0.25) is 0 Å². The second-order valence-corrected chi connectivity index (χ2v) is 27.6. The summed E-state index contributed by atoms with van der Waals surface area (Å²) < 4.78 is 30.9. The fourth-order valence-electron chi connectivity index (χ4n) is 10.8. The minimum absolute atomic E-state index is 0.0404. The van der Waals surface area contributed by atoms with Gasteiger partial charge in [0.1, 0.15) is 19.3 Å². The average Bonchev–Trinajstić information content (AvgIpc) is 3.48. The number of esters is 1. The third-order valence-electron chi connectivity index (χ3n) is 16.4. The van der Waals surface area contributed by atoms with Crippen LogP contribution < -0.4 is 5.32 Å². The number of phosphoric acid groups is 1. The summed E-state index contributed by atoms with van der Waals surface area (Å²) in [5.41, 5.74) is 0. The first-order chi connectivity index (χ1) is 41.4. The molecule has 0 aliphatic rings. The van der Waals surface area contributed by atoms with Crippen molar-refractivity contribution in [1.82, 2.24) is 5.32 Å². The van der Waals surface area contributed by atoms with E-state index in [1.807, 2.05) is 33.3 Å². The molecule has 1 amide bonds. The average molecular weight is 1210 g/mol. The Morgan fingerprint density at radius 1 is 0.412 bits per heavy atom. The first-order valence-corrected chi connectivity index (χ1v) is 38.1. The topological polar surface area (TPSA) is 111 Å². The van der Waals surface area contributed by atoms with E-state index < -0.39 is 20.0 Å². The minimum Gasteiger partial charge on any atom is -0.456 e. The number of carbonyl (C=O) groups is 2. The van der Waals surface area contributed by atoms with E-state index in [1.54, 1.807) is 0 Å². The lowest BCUT2D eigenvalue weighted by Gasteiger charge is -2.27. The Morgan fingerprint density at radius 3 is 1.08 bits per heavy atom. The molecule has 9 nitrogen and oxygen atoms in total. The van der Waals surface area contributed by atoms with Crippen LogP contribution in [0.3, 0.4) is 0 Å². The second kappa shape index (κ2) is 64.7. The Hall–Kier alpha value is -2.29. The number of allylic oxidation sites excluding steroid dienone is 9. The predicted octanol–water partition coefficient (Wildman–Crippen LogP) is 23.3. The Bertz CT molecular complexity index is 1640. The van der Waals surface area contributed by atoms with Gasteiger partial charge in [-0.1, -0.05) is 307 Å². The molecule has 0 spiro atoms. The lowest BCUT2D eigenvalue weighted by molar-refractivity contribution is -0.870. The summed E-state index contributed by atoms with van der Waals surface area (Å²) in [5.74, 6) is -0.492. The van der Waals surface area contributed by atoms with Crippen LogP contribution in [-0.4, -0.2) is 74.3 Å². The Kier molecular flexibility index (Phi) is 62.9. The third kappa shape index (κ3) is 66.0. The largest absolute Gasteiger partial charge is 0.472 e. The molecule has 0 heterocycles. The molecule has 0 saturated heterocycles. The Morgan fingerprint density at radius 2 is 0.718 bits per heavy atom. The number of likely N-dealkylation sites (N-methyl/N-ethyl adjacent to an activating group) is 1. The summed E-state index contributed by atoms with van der Waals surface area (Å²) >= 11 is 0. The van der Waals surface area contributed by atoms with Gasteiger partial charge in [0.05, 0.1) is 33.8 Å². The lowest BCUT2D eigenvalue weighted by atomic mass is 10.0. The second-order valence-electron chi connectivity index (χ2n) is 26.1. The zero-order chi connectivity index (χ0) is 62.1. The highest BCUT2D eigenvalue weighted by molar-refractivity contribution is 7.47. The monoisotopic (exact) mass is 1210 g/mol. The summed E-state index contributed by atoms with van der Waals surface area (Å²) in [6, 6.07) is -0.850. The van der Waals surface area contributed by atoms with Gasteiger partial charge in [0.25, 0.3) is 0 Å². The van der Waals surface area contributed by atoms with Crippen LogP contribution in [0, 0.1) is 0 Å². The number of amides is 1. The summed E-state index contributed by atoms with van der Waals surface area (Å²) in [4.78, 5) is 38.0. The van der Waals surface area contributed by atoms with Gasteiger partial charge in [-0.05, 0) is 96.0 Å². The summed E-state index contributed by atoms with van der Waals surface area (Å²) in [6.45, 7) is 7.01. The molecule has 85 heavy (non-hydrogen) atoms. The molecule has 0 rings (SSSR count). The van der Waals surface area contributed by atoms with Crippen molar-refractivity contribution in [3.05, 3.63) is 60.8 Å². The first kappa shape index (κ1) is 82.7. The van der Waals surface area contributed by atoms with Crippen LogP contribution in [0.25, 0.3) is 0 Å². The van der Waals surface area contributed by atoms with Crippen LogP contribution in [0.4, 0.5) is 0 Å². The molecule has 0 fully saturated rings. The molecule has 0 aliphatic heterocycles. The zero-order valence-electron chi connectivity index (χ0n) is 57.1. The Labute approximate surface area is 528 Å². The lowest BCUT2D eigenvalue weighted by Crippen LogP contribution is -2.47. The molecule has 0 saturated carbocycles. The van der Waals surface area contributed by atoms with E-state index in [0.29, 0.717) is 23.9 Å². The summed E-state index contributed by atoms with van der Waals surface area (Å²) in [5, 5.41) is 3.08. The molecule has 0 aromatic carbocycles. The van der Waals surface area contributed by atoms with Crippen molar-refractivity contribution >= 4 is 19.7 Å². The van der Waals surface area contributed by atoms with Crippen LogP contribution in [0.15, 0.2) is 60.8 Å². The van der Waals surface area contributed by atoms with Gasteiger partial charge in [-0.15, -0.1) is 0 Å². The quantitative estimate of drug-likeness (QED) is 0.0205. The highest BCUT2D eigenvalue weighted by Crippen LogP contribution is 2.43. The van der Waals surface area contributed by atoms with Crippen molar-refractivity contribution in [3.63, 3.8) is 0 Å². The number of unbranched alkanes of at least 4 members (excludes halogenated alkanes) is 43. The molecular weight excluding hydrogens is 1070 g/mol. The number of phosphoric ester groups is 1. The number of hydrogen-bond acceptors (Lipinski definition) is 6. The number of carbonyl (C=O) groups excluding carboxylic acids is 2. The maximum absolute atomic E-state index is 13.6. The molecule has 3 atom stereocenters. The van der Waals surface area contributed by atoms with Gasteiger partial charge in [0.15, 0.2) is 0 Å². The molecule has 10 heteroatoms. The van der Waals surface area contributed by atoms with Gasteiger partial charge in [0.2, 0.25) is 5.91 Å². The number of nitrogens with one attached hydrogen (secondary N) is 1. The molecule has 498 valence electrons. The van der Waals surface area contributed by atoms with Gasteiger partial charge in [-0.2, -0.15) is 0 Å². The fraction of sp³-hybridized carbons (Fsp3) is 0.840. The van der Waals surface area contributed by atoms with E-state index in [9.17, 15) is 19.0 Å². The third-order valence-corrected chi connectivity index (χ3v) is 17.4. The SMILES string of the molecule is CCCCC/C=C\C/C=C\CCCCCCCCCCCCCCCCCC(=O)OC(/C=C/CCCCCCCCCCCCC)C(COP(=O)(O)OCC[N+](C)(C)C)NC(=O)CCCCCCCCCCCCC/C=C\C/C=C\CCCCC. The van der Waals surface area contributed by atoms with Crippen molar-refractivity contribution in [3.8, 4) is 0 Å². The van der Waals surface area contributed by atoms with E-state index in [4.69, 9.17) is 13.8 Å². The normalized spacial score (nSPS) is 13.8. The maximum Gasteiger partial charge on any atom is 0.472 e. The Balaban J connectivity index is 5.05. The van der Waals surface area contributed by atoms with E-state index in [-0.39, 0.29) is 25.1 Å². The smallest absolute Gasteiger partial charge is 0.456 e.